The fraction of sp³-hybridized carbons (Fsp3) is 0.655. The van der Waals surface area contributed by atoms with Crippen molar-refractivity contribution in [2.75, 3.05) is 6.61 Å². The molecular weight excluding hydrogens is 524 g/mol. The highest BCUT2D eigenvalue weighted by Crippen LogP contribution is 2.64. The maximum atomic E-state index is 14.3. The van der Waals surface area contributed by atoms with E-state index in [1.165, 1.54) is 39.8 Å². The van der Waals surface area contributed by atoms with Crippen molar-refractivity contribution in [1.29, 1.82) is 0 Å². The molecule has 3 aliphatic carbocycles. The summed E-state index contributed by atoms with van der Waals surface area (Å²) >= 11 is 0. The molecule has 11 nitrogen and oxygen atoms in total. The highest BCUT2D eigenvalue weighted by Gasteiger charge is 2.80. The lowest BCUT2D eigenvalue weighted by Gasteiger charge is -2.68. The lowest BCUT2D eigenvalue weighted by molar-refractivity contribution is -0.348. The molecular formula is C29H36O11. The Balaban J connectivity index is 1.83. The molecule has 4 fully saturated rings. The van der Waals surface area contributed by atoms with Gasteiger partial charge in [0.2, 0.25) is 0 Å². The SMILES string of the molecule is CC(=O)O[C@@]12CO[C@@H]1C[C@H](O)[C@@]1(C)C(=O)[C@H](O)C3C(C)[C@@H](O)C(=O)[C@@](O)([C@@H](OC(=O)c4ccccc4)C12)C3(C)C. The van der Waals surface area contributed by atoms with Gasteiger partial charge in [-0.1, -0.05) is 39.0 Å². The molecule has 1 aromatic carbocycles. The van der Waals surface area contributed by atoms with E-state index in [1.54, 1.807) is 18.2 Å². The van der Waals surface area contributed by atoms with E-state index in [-0.39, 0.29) is 18.6 Å². The Kier molecular flexibility index (Phi) is 6.59. The number of ether oxygens (including phenoxy) is 3. The van der Waals surface area contributed by atoms with Gasteiger partial charge in [0, 0.05) is 24.7 Å². The Morgan fingerprint density at radius 3 is 2.17 bits per heavy atom. The summed E-state index contributed by atoms with van der Waals surface area (Å²) in [5.74, 6) is -7.31. The van der Waals surface area contributed by atoms with Crippen LogP contribution in [0.2, 0.25) is 0 Å². The molecule has 1 aromatic rings. The first-order valence-electron chi connectivity index (χ1n) is 13.5. The molecule has 3 unspecified atom stereocenters. The van der Waals surface area contributed by atoms with Crippen LogP contribution in [0.1, 0.15) is 51.4 Å². The highest BCUT2D eigenvalue weighted by molar-refractivity contribution is 5.98. The number of aliphatic hydroxyl groups excluding tert-OH is 3. The van der Waals surface area contributed by atoms with Crippen molar-refractivity contribution in [2.45, 2.75) is 82.8 Å². The molecule has 0 amide bonds. The van der Waals surface area contributed by atoms with Gasteiger partial charge in [0.1, 0.15) is 24.4 Å². The second-order valence-corrected chi connectivity index (χ2v) is 12.5. The second-order valence-electron chi connectivity index (χ2n) is 12.5. The fourth-order valence-corrected chi connectivity index (χ4v) is 8.11. The van der Waals surface area contributed by atoms with E-state index in [9.17, 15) is 39.6 Å². The first kappa shape index (κ1) is 28.8. The Morgan fingerprint density at radius 1 is 1.00 bits per heavy atom. The van der Waals surface area contributed by atoms with Gasteiger partial charge in [-0.15, -0.1) is 0 Å². The number of hydrogen-bond acceptors (Lipinski definition) is 11. The molecule has 5 rings (SSSR count). The van der Waals surface area contributed by atoms with Crippen molar-refractivity contribution in [2.24, 2.45) is 28.6 Å². The molecule has 3 saturated carbocycles. The predicted octanol–water partition coefficient (Wildman–Crippen LogP) is 0.197. The number of carbonyl (C=O) groups excluding carboxylic acids is 4. The zero-order chi connectivity index (χ0) is 29.6. The third-order valence-corrected chi connectivity index (χ3v) is 10.3. The Labute approximate surface area is 231 Å². The summed E-state index contributed by atoms with van der Waals surface area (Å²) in [6.07, 6.45) is -8.17. The lowest BCUT2D eigenvalue weighted by Crippen LogP contribution is -2.84. The molecule has 4 aliphatic rings. The number of rotatable bonds is 3. The van der Waals surface area contributed by atoms with E-state index < -0.39 is 93.8 Å². The first-order chi connectivity index (χ1) is 18.6. The number of aliphatic hydroxyl groups is 4. The van der Waals surface area contributed by atoms with E-state index in [1.807, 2.05) is 0 Å². The number of benzene rings is 1. The minimum atomic E-state index is -2.69. The molecule has 1 heterocycles. The van der Waals surface area contributed by atoms with E-state index in [2.05, 4.69) is 0 Å². The first-order valence-corrected chi connectivity index (χ1v) is 13.5. The third-order valence-electron chi connectivity index (χ3n) is 10.3. The summed E-state index contributed by atoms with van der Waals surface area (Å²) in [5, 5.41) is 46.7. The molecule has 11 atom stereocenters. The van der Waals surface area contributed by atoms with Gasteiger partial charge in [-0.05, 0) is 25.0 Å². The largest absolute Gasteiger partial charge is 0.455 e. The quantitative estimate of drug-likeness (QED) is 0.371. The van der Waals surface area contributed by atoms with Gasteiger partial charge in [0.25, 0.3) is 0 Å². The summed E-state index contributed by atoms with van der Waals surface area (Å²) in [6.45, 7) is 6.65. The topological polar surface area (TPSA) is 177 Å². The van der Waals surface area contributed by atoms with Crippen LogP contribution in [0.4, 0.5) is 0 Å². The molecule has 0 spiro atoms. The maximum absolute atomic E-state index is 14.3. The van der Waals surface area contributed by atoms with Crippen LogP contribution < -0.4 is 0 Å². The van der Waals surface area contributed by atoms with E-state index >= 15 is 0 Å². The standard InChI is InChI=1S/C29H36O11/c1-13-18-20(33)22(34)27(5)16(31)11-17-28(12-38-17,40-14(2)30)21(27)24(39-25(36)15-9-7-6-8-10-15)29(37,26(18,3)4)23(35)19(13)32/h6-10,13,16-21,24,31-33,37H,11-12H2,1-5H3/t13?,16-,17+,18?,19+,20+,21?,24-,27+,28-,29+/m0/s1. The van der Waals surface area contributed by atoms with Crippen molar-refractivity contribution < 1.29 is 53.8 Å². The highest BCUT2D eigenvalue weighted by atomic mass is 16.6. The summed E-state index contributed by atoms with van der Waals surface area (Å²) < 4.78 is 17.5. The van der Waals surface area contributed by atoms with Gasteiger partial charge in [-0.25, -0.2) is 4.79 Å². The van der Waals surface area contributed by atoms with Gasteiger partial charge in [0.05, 0.1) is 29.6 Å². The van der Waals surface area contributed by atoms with Crippen LogP contribution in [0, 0.1) is 28.6 Å². The van der Waals surface area contributed by atoms with Crippen molar-refractivity contribution in [1.82, 2.24) is 0 Å². The van der Waals surface area contributed by atoms with Crippen molar-refractivity contribution in [3.63, 3.8) is 0 Å². The predicted molar refractivity (Wildman–Crippen MR) is 136 cm³/mol. The van der Waals surface area contributed by atoms with Crippen molar-refractivity contribution in [3.05, 3.63) is 35.9 Å². The van der Waals surface area contributed by atoms with Crippen LogP contribution in [-0.2, 0) is 28.6 Å². The van der Waals surface area contributed by atoms with E-state index in [4.69, 9.17) is 14.2 Å². The average molecular weight is 561 g/mol. The van der Waals surface area contributed by atoms with Crippen LogP contribution in [0.15, 0.2) is 30.3 Å². The third kappa shape index (κ3) is 3.48. The summed E-state index contributed by atoms with van der Waals surface area (Å²) in [7, 11) is 0. The summed E-state index contributed by atoms with van der Waals surface area (Å²) in [5.41, 5.74) is -7.94. The molecule has 1 saturated heterocycles. The molecule has 0 radical (unpaired) electrons. The van der Waals surface area contributed by atoms with Crippen LogP contribution in [0.5, 0.6) is 0 Å². The number of Topliss-reactive ketones (excluding diaryl/α,β-unsaturated/α-hetero) is 2. The number of esters is 2. The van der Waals surface area contributed by atoms with Gasteiger partial charge >= 0.3 is 11.9 Å². The summed E-state index contributed by atoms with van der Waals surface area (Å²) in [6, 6.07) is 7.78. The van der Waals surface area contributed by atoms with Crippen LogP contribution in [0.25, 0.3) is 0 Å². The Hall–Kier alpha value is -2.70. The fourth-order valence-electron chi connectivity index (χ4n) is 8.11. The van der Waals surface area contributed by atoms with Crippen molar-refractivity contribution >= 4 is 23.5 Å². The number of hydrogen-bond donors (Lipinski definition) is 4. The molecule has 40 heavy (non-hydrogen) atoms. The van der Waals surface area contributed by atoms with E-state index in [0.29, 0.717) is 0 Å². The lowest BCUT2D eigenvalue weighted by atomic mass is 9.42. The zero-order valence-electron chi connectivity index (χ0n) is 23.1. The smallest absolute Gasteiger partial charge is 0.338 e. The van der Waals surface area contributed by atoms with Gasteiger partial charge in [0.15, 0.2) is 22.8 Å². The van der Waals surface area contributed by atoms with Gasteiger partial charge in [-0.3, -0.25) is 14.4 Å². The average Bonchev–Trinajstić information content (AvgIpc) is 2.90. The van der Waals surface area contributed by atoms with Crippen LogP contribution in [-0.4, -0.2) is 92.3 Å². The Morgan fingerprint density at radius 2 is 1.62 bits per heavy atom. The molecule has 1 aliphatic heterocycles. The second kappa shape index (κ2) is 9.15. The van der Waals surface area contributed by atoms with Crippen molar-refractivity contribution in [3.8, 4) is 0 Å². The normalized spacial score (nSPS) is 45.6. The van der Waals surface area contributed by atoms with Gasteiger partial charge in [-0.2, -0.15) is 0 Å². The molecule has 4 N–H and O–H groups in total. The summed E-state index contributed by atoms with van der Waals surface area (Å²) in [4.78, 5) is 54.3. The van der Waals surface area contributed by atoms with Gasteiger partial charge < -0.3 is 34.6 Å². The maximum Gasteiger partial charge on any atom is 0.338 e. The molecule has 0 aromatic heterocycles. The number of fused-ring (bicyclic) bond motifs is 5. The molecule has 218 valence electrons. The number of ketones is 2. The number of carbonyl (C=O) groups is 4. The Bertz CT molecular complexity index is 1250. The minimum absolute atomic E-state index is 0.0760. The molecule has 11 heteroatoms. The van der Waals surface area contributed by atoms with E-state index in [0.717, 1.165) is 6.92 Å². The zero-order valence-corrected chi connectivity index (χ0v) is 23.1. The molecule has 2 bridgehead atoms. The van der Waals surface area contributed by atoms with Crippen LogP contribution >= 0.6 is 0 Å². The monoisotopic (exact) mass is 560 g/mol. The minimum Gasteiger partial charge on any atom is -0.455 e. The van der Waals surface area contributed by atoms with Crippen LogP contribution in [0.3, 0.4) is 0 Å².